The minimum atomic E-state index is -1.92. The normalized spacial score (nSPS) is 50.3. The lowest BCUT2D eigenvalue weighted by atomic mass is 9.46. The average molecular weight is 448 g/mol. The average Bonchev–Trinajstić information content (AvgIpc) is 3.40. The smallest absolute Gasteiger partial charge is 0.309 e. The van der Waals surface area contributed by atoms with E-state index in [0.717, 1.165) is 0 Å². The molecule has 3 saturated carbocycles. The van der Waals surface area contributed by atoms with Crippen LogP contribution in [-0.2, 0) is 19.1 Å². The Bertz CT molecular complexity index is 989. The van der Waals surface area contributed by atoms with E-state index in [1.165, 1.54) is 19.1 Å². The van der Waals surface area contributed by atoms with Crippen LogP contribution in [0.3, 0.4) is 0 Å². The fraction of sp³-hybridized carbons (Fsp3) is 0.708. The summed E-state index contributed by atoms with van der Waals surface area (Å²) < 4.78 is 21.7. The largest absolute Gasteiger partial charge is 0.481 e. The molecule has 8 heteroatoms. The molecule has 4 aliphatic carbocycles. The van der Waals surface area contributed by atoms with Crippen LogP contribution in [0.15, 0.2) is 23.8 Å². The van der Waals surface area contributed by atoms with Gasteiger partial charge in [0, 0.05) is 10.8 Å². The first-order chi connectivity index (χ1) is 14.8. The van der Waals surface area contributed by atoms with E-state index in [0.29, 0.717) is 18.4 Å². The Labute approximate surface area is 185 Å². The maximum atomic E-state index is 15.4. The van der Waals surface area contributed by atoms with Gasteiger partial charge in [-0.3, -0.25) is 14.4 Å². The summed E-state index contributed by atoms with van der Waals surface area (Å²) in [5.41, 5.74) is -3.94. The fourth-order valence-corrected chi connectivity index (χ4v) is 7.66. The lowest BCUT2D eigenvalue weighted by molar-refractivity contribution is -0.171. The highest BCUT2D eigenvalue weighted by Gasteiger charge is 2.82. The number of alkyl halides is 1. The quantitative estimate of drug-likeness (QED) is 0.560. The summed E-state index contributed by atoms with van der Waals surface area (Å²) in [4.78, 5) is 36.5. The van der Waals surface area contributed by atoms with Crippen LogP contribution < -0.4 is 0 Å². The molecule has 174 valence electrons. The Kier molecular flexibility index (Phi) is 4.36. The number of carbonyl (C=O) groups is 3. The number of allylic oxidation sites excluding steroid dienone is 2. The van der Waals surface area contributed by atoms with E-state index < -0.39 is 52.0 Å². The van der Waals surface area contributed by atoms with Crippen molar-refractivity contribution in [3.63, 3.8) is 0 Å². The Morgan fingerprint density at radius 3 is 2.62 bits per heavy atom. The second-order valence-electron chi connectivity index (χ2n) is 10.8. The van der Waals surface area contributed by atoms with Crippen molar-refractivity contribution in [2.75, 3.05) is 0 Å². The molecule has 5 aliphatic rings. The van der Waals surface area contributed by atoms with Crippen molar-refractivity contribution in [3.05, 3.63) is 23.8 Å². The number of carboxylic acids is 1. The number of Topliss-reactive ketones (excluding diaryl/α,β-unsaturated/α-hetero) is 1. The standard InChI is InChI=1S/C24H29FO7/c1-11(20(29)30)18(27)19(28)23(31)7-5-13-14-9-16(25)15-8-12(26)4-6-21(15,2)24(14)17(32-24)10-22(13,23)3/h4,6,8,11,13-14,16-18,27,31H,5,7,9-10H2,1-3H3,(H,29,30)/t11?,13-,14-,16-,17-,18?,21-,22-,23-,24+/m0/s1. The summed E-state index contributed by atoms with van der Waals surface area (Å²) in [6, 6.07) is 0. The van der Waals surface area contributed by atoms with Gasteiger partial charge in [-0.15, -0.1) is 0 Å². The lowest BCUT2D eigenvalue weighted by Gasteiger charge is -2.56. The van der Waals surface area contributed by atoms with Crippen LogP contribution in [0.1, 0.15) is 46.5 Å². The molecular weight excluding hydrogens is 419 g/mol. The molecule has 2 unspecified atom stereocenters. The Morgan fingerprint density at radius 2 is 1.97 bits per heavy atom. The second-order valence-corrected chi connectivity index (χ2v) is 10.8. The number of hydrogen-bond acceptors (Lipinski definition) is 6. The van der Waals surface area contributed by atoms with Crippen molar-refractivity contribution < 1.29 is 38.8 Å². The number of epoxide rings is 1. The summed E-state index contributed by atoms with van der Waals surface area (Å²) in [6.45, 7) is 4.92. The van der Waals surface area contributed by atoms with Gasteiger partial charge in [-0.25, -0.2) is 4.39 Å². The van der Waals surface area contributed by atoms with Crippen molar-refractivity contribution in [2.45, 2.75) is 76.0 Å². The molecule has 1 spiro atoms. The van der Waals surface area contributed by atoms with Crippen molar-refractivity contribution in [1.29, 1.82) is 0 Å². The third-order valence-corrected chi connectivity index (χ3v) is 9.61. The molecule has 0 aromatic rings. The Hall–Kier alpha value is -1.90. The predicted molar refractivity (Wildman–Crippen MR) is 109 cm³/mol. The van der Waals surface area contributed by atoms with Crippen LogP contribution in [0.4, 0.5) is 4.39 Å². The number of ketones is 2. The van der Waals surface area contributed by atoms with Gasteiger partial charge < -0.3 is 20.1 Å². The first kappa shape index (κ1) is 21.9. The number of halogens is 1. The number of carbonyl (C=O) groups excluding carboxylic acids is 2. The van der Waals surface area contributed by atoms with Gasteiger partial charge in [0.2, 0.25) is 0 Å². The number of ether oxygens (including phenoxy) is 1. The maximum absolute atomic E-state index is 15.4. The molecule has 1 heterocycles. The number of aliphatic hydroxyl groups is 2. The molecule has 7 nitrogen and oxygen atoms in total. The molecule has 0 radical (unpaired) electrons. The first-order valence-electron chi connectivity index (χ1n) is 11.3. The van der Waals surface area contributed by atoms with E-state index in [9.17, 15) is 29.7 Å². The van der Waals surface area contributed by atoms with Crippen molar-refractivity contribution in [3.8, 4) is 0 Å². The molecule has 10 atom stereocenters. The predicted octanol–water partition coefficient (Wildman–Crippen LogP) is 1.76. The van der Waals surface area contributed by atoms with Crippen LogP contribution in [0, 0.1) is 28.6 Å². The molecule has 1 aliphatic heterocycles. The van der Waals surface area contributed by atoms with Crippen molar-refractivity contribution >= 4 is 17.5 Å². The van der Waals surface area contributed by atoms with E-state index in [4.69, 9.17) is 4.74 Å². The van der Waals surface area contributed by atoms with E-state index in [-0.39, 0.29) is 36.6 Å². The van der Waals surface area contributed by atoms with Crippen LogP contribution in [-0.4, -0.2) is 62.4 Å². The first-order valence-corrected chi connectivity index (χ1v) is 11.3. The summed E-state index contributed by atoms with van der Waals surface area (Å²) in [5, 5.41) is 31.3. The summed E-state index contributed by atoms with van der Waals surface area (Å²) in [6.07, 6.45) is 2.08. The van der Waals surface area contributed by atoms with Gasteiger partial charge >= 0.3 is 5.97 Å². The fourth-order valence-electron chi connectivity index (χ4n) is 7.66. The molecule has 3 N–H and O–H groups in total. The zero-order valence-electron chi connectivity index (χ0n) is 18.4. The van der Waals surface area contributed by atoms with Gasteiger partial charge in [0.25, 0.3) is 0 Å². The topological polar surface area (TPSA) is 124 Å². The highest BCUT2D eigenvalue weighted by Crippen LogP contribution is 2.76. The number of rotatable bonds is 4. The third kappa shape index (κ3) is 2.33. The summed E-state index contributed by atoms with van der Waals surface area (Å²) >= 11 is 0. The third-order valence-electron chi connectivity index (χ3n) is 9.61. The highest BCUT2D eigenvalue weighted by atomic mass is 19.1. The van der Waals surface area contributed by atoms with Crippen LogP contribution >= 0.6 is 0 Å². The summed E-state index contributed by atoms with van der Waals surface area (Å²) in [5.74, 6) is -4.32. The SMILES string of the molecule is CC(C(=O)O)C(O)C(=O)[C@@]1(O)CC[C@H]2[C@@H]3C[C@H](F)C4=CC(=O)C=C[C@]4(C)[C@@]34O[C@H]4C[C@@]21C. The number of hydrogen-bond donors (Lipinski definition) is 3. The van der Waals surface area contributed by atoms with Gasteiger partial charge in [-0.1, -0.05) is 13.0 Å². The van der Waals surface area contributed by atoms with Crippen LogP contribution in [0.25, 0.3) is 0 Å². The van der Waals surface area contributed by atoms with Gasteiger partial charge in [-0.05, 0) is 69.1 Å². The van der Waals surface area contributed by atoms with Crippen molar-refractivity contribution in [1.82, 2.24) is 0 Å². The molecule has 4 fully saturated rings. The highest BCUT2D eigenvalue weighted by molar-refractivity contribution is 6.01. The number of aliphatic hydroxyl groups excluding tert-OH is 1. The second kappa shape index (κ2) is 6.36. The van der Waals surface area contributed by atoms with Gasteiger partial charge in [0.15, 0.2) is 11.6 Å². The van der Waals surface area contributed by atoms with Gasteiger partial charge in [-0.2, -0.15) is 0 Å². The molecule has 5 rings (SSSR count). The van der Waals surface area contributed by atoms with E-state index in [1.54, 1.807) is 13.0 Å². The molecule has 0 amide bonds. The number of fused-ring (bicyclic) bond motifs is 3. The number of carboxylic acid groups (broad SMARTS) is 1. The molecular formula is C24H29FO7. The zero-order chi connectivity index (χ0) is 23.4. The van der Waals surface area contributed by atoms with E-state index in [1.807, 2.05) is 6.92 Å². The molecule has 0 bridgehead atoms. The Morgan fingerprint density at radius 1 is 1.28 bits per heavy atom. The van der Waals surface area contributed by atoms with Gasteiger partial charge in [0.1, 0.15) is 23.5 Å². The minimum Gasteiger partial charge on any atom is -0.481 e. The monoisotopic (exact) mass is 448 g/mol. The minimum absolute atomic E-state index is 0.0837. The Balaban J connectivity index is 1.53. The molecule has 0 aromatic carbocycles. The van der Waals surface area contributed by atoms with E-state index >= 15 is 4.39 Å². The van der Waals surface area contributed by atoms with Crippen molar-refractivity contribution in [2.24, 2.45) is 28.6 Å². The number of aliphatic carboxylic acids is 1. The summed E-state index contributed by atoms with van der Waals surface area (Å²) in [7, 11) is 0. The molecule has 0 aromatic heterocycles. The lowest BCUT2D eigenvalue weighted by Crippen LogP contribution is -2.63. The maximum Gasteiger partial charge on any atom is 0.309 e. The molecule has 1 saturated heterocycles. The van der Waals surface area contributed by atoms with Crippen LogP contribution in [0.2, 0.25) is 0 Å². The van der Waals surface area contributed by atoms with Gasteiger partial charge in [0.05, 0.1) is 12.0 Å². The zero-order valence-corrected chi connectivity index (χ0v) is 18.4. The molecule has 32 heavy (non-hydrogen) atoms. The van der Waals surface area contributed by atoms with Crippen LogP contribution in [0.5, 0.6) is 0 Å². The van der Waals surface area contributed by atoms with E-state index in [2.05, 4.69) is 0 Å².